The molecule has 8 heteroatoms. The van der Waals surface area contributed by atoms with Crippen molar-refractivity contribution in [3.63, 3.8) is 0 Å². The molecule has 2 aromatic rings. The number of nitrogen functional groups attached to an aromatic ring is 1. The molecule has 0 spiro atoms. The molecule has 0 amide bonds. The molecule has 0 saturated carbocycles. The van der Waals surface area contributed by atoms with Gasteiger partial charge in [-0.3, -0.25) is 4.72 Å². The molecular formula is C11H9ClFN3O2S. The number of aromatic nitrogens is 1. The van der Waals surface area contributed by atoms with Crippen LogP contribution in [0.15, 0.2) is 41.4 Å². The van der Waals surface area contributed by atoms with E-state index >= 15 is 0 Å². The summed E-state index contributed by atoms with van der Waals surface area (Å²) in [4.78, 5) is 3.58. The summed E-state index contributed by atoms with van der Waals surface area (Å²) in [7, 11) is -3.90. The molecule has 100 valence electrons. The second kappa shape index (κ2) is 5.02. The van der Waals surface area contributed by atoms with Crippen molar-refractivity contribution in [3.8, 4) is 0 Å². The van der Waals surface area contributed by atoms with Crippen LogP contribution in [0.2, 0.25) is 5.15 Å². The van der Waals surface area contributed by atoms with E-state index in [0.717, 1.165) is 18.2 Å². The molecule has 0 aliphatic carbocycles. The molecule has 5 nitrogen and oxygen atoms in total. The molecule has 1 heterocycles. The molecule has 0 bridgehead atoms. The largest absolute Gasteiger partial charge is 0.396 e. The normalized spacial score (nSPS) is 11.3. The van der Waals surface area contributed by atoms with Crippen LogP contribution in [0.1, 0.15) is 0 Å². The maximum Gasteiger partial charge on any atom is 0.262 e. The van der Waals surface area contributed by atoms with Gasteiger partial charge < -0.3 is 5.73 Å². The number of hydrogen-bond acceptors (Lipinski definition) is 4. The summed E-state index contributed by atoms with van der Waals surface area (Å²) < 4.78 is 39.3. The number of nitrogens with one attached hydrogen (secondary N) is 1. The Bertz CT molecular complexity index is 722. The Morgan fingerprint density at radius 3 is 2.68 bits per heavy atom. The van der Waals surface area contributed by atoms with E-state index in [0.29, 0.717) is 0 Å². The van der Waals surface area contributed by atoms with Crippen LogP contribution in [0.25, 0.3) is 0 Å². The fourth-order valence-electron chi connectivity index (χ4n) is 1.35. The maximum atomic E-state index is 13.0. The zero-order valence-corrected chi connectivity index (χ0v) is 11.0. The van der Waals surface area contributed by atoms with Crippen molar-refractivity contribution in [1.82, 2.24) is 4.98 Å². The van der Waals surface area contributed by atoms with E-state index < -0.39 is 15.8 Å². The number of nitrogens with zero attached hydrogens (tertiary/aromatic N) is 1. The van der Waals surface area contributed by atoms with Crippen LogP contribution in [0.4, 0.5) is 15.8 Å². The molecule has 0 radical (unpaired) electrons. The number of rotatable bonds is 3. The van der Waals surface area contributed by atoms with Crippen LogP contribution in [-0.4, -0.2) is 13.4 Å². The average molecular weight is 302 g/mol. The van der Waals surface area contributed by atoms with Crippen molar-refractivity contribution in [2.45, 2.75) is 4.90 Å². The third kappa shape index (κ3) is 2.94. The summed E-state index contributed by atoms with van der Waals surface area (Å²) in [5.41, 5.74) is 5.22. The second-order valence-corrected chi connectivity index (χ2v) is 5.67. The highest BCUT2D eigenvalue weighted by Crippen LogP contribution is 2.23. The summed E-state index contributed by atoms with van der Waals surface area (Å²) in [6, 6.07) is 6.11. The lowest BCUT2D eigenvalue weighted by Crippen LogP contribution is -2.14. The Labute approximate surface area is 114 Å². The lowest BCUT2D eigenvalue weighted by Gasteiger charge is -2.09. The van der Waals surface area contributed by atoms with Gasteiger partial charge in [0.05, 0.1) is 16.3 Å². The zero-order valence-electron chi connectivity index (χ0n) is 9.47. The van der Waals surface area contributed by atoms with Crippen molar-refractivity contribution >= 4 is 33.0 Å². The first-order valence-electron chi connectivity index (χ1n) is 5.08. The summed E-state index contributed by atoms with van der Waals surface area (Å²) >= 11 is 5.75. The molecular weight excluding hydrogens is 293 g/mol. The standard InChI is InChI=1S/C11H9ClFN3O2S/c12-11-10(2-1-5-15-11)16-19(17,18)7-3-4-8(13)9(14)6-7/h1-6,16H,14H2. The predicted molar refractivity (Wildman–Crippen MR) is 70.9 cm³/mol. The molecule has 1 aromatic heterocycles. The number of halogens is 2. The summed E-state index contributed by atoms with van der Waals surface area (Å²) in [5.74, 6) is -0.682. The van der Waals surface area contributed by atoms with Gasteiger partial charge in [0.1, 0.15) is 5.82 Å². The van der Waals surface area contributed by atoms with Crippen molar-refractivity contribution in [2.75, 3.05) is 10.5 Å². The Morgan fingerprint density at radius 2 is 2.05 bits per heavy atom. The fraction of sp³-hybridized carbons (Fsp3) is 0. The number of nitrogens with two attached hydrogens (primary N) is 1. The van der Waals surface area contributed by atoms with Crippen LogP contribution in [0.5, 0.6) is 0 Å². The summed E-state index contributed by atoms with van der Waals surface area (Å²) in [6.45, 7) is 0. The van der Waals surface area contributed by atoms with Crippen molar-refractivity contribution in [3.05, 3.63) is 47.5 Å². The molecule has 0 saturated heterocycles. The van der Waals surface area contributed by atoms with Crippen molar-refractivity contribution in [1.29, 1.82) is 0 Å². The topological polar surface area (TPSA) is 85.1 Å². The van der Waals surface area contributed by atoms with Crippen LogP contribution < -0.4 is 10.5 Å². The van der Waals surface area contributed by atoms with E-state index in [1.807, 2.05) is 0 Å². The smallest absolute Gasteiger partial charge is 0.262 e. The fourth-order valence-corrected chi connectivity index (χ4v) is 2.68. The van der Waals surface area contributed by atoms with Crippen LogP contribution in [-0.2, 0) is 10.0 Å². The number of anilines is 2. The van der Waals surface area contributed by atoms with Gasteiger partial charge >= 0.3 is 0 Å². The Hall–Kier alpha value is -1.86. The highest BCUT2D eigenvalue weighted by atomic mass is 35.5. The van der Waals surface area contributed by atoms with Crippen LogP contribution in [0.3, 0.4) is 0 Å². The monoisotopic (exact) mass is 301 g/mol. The van der Waals surface area contributed by atoms with Gasteiger partial charge in [-0.25, -0.2) is 17.8 Å². The summed E-state index contributed by atoms with van der Waals surface area (Å²) in [5, 5.41) is 0.0150. The minimum atomic E-state index is -3.90. The first-order chi connectivity index (χ1) is 8.90. The van der Waals surface area contributed by atoms with E-state index in [1.54, 1.807) is 0 Å². The van der Waals surface area contributed by atoms with Gasteiger partial charge in [-0.2, -0.15) is 0 Å². The van der Waals surface area contributed by atoms with Gasteiger partial charge in [0.2, 0.25) is 0 Å². The first kappa shape index (κ1) is 13.6. The third-order valence-electron chi connectivity index (χ3n) is 2.28. The Morgan fingerprint density at radius 1 is 1.32 bits per heavy atom. The first-order valence-corrected chi connectivity index (χ1v) is 6.94. The molecule has 19 heavy (non-hydrogen) atoms. The van der Waals surface area contributed by atoms with Gasteiger partial charge in [0.25, 0.3) is 10.0 Å². The number of benzene rings is 1. The highest BCUT2D eigenvalue weighted by molar-refractivity contribution is 7.92. The zero-order chi connectivity index (χ0) is 14.0. The van der Waals surface area contributed by atoms with E-state index in [-0.39, 0.29) is 21.4 Å². The Balaban J connectivity index is 2.38. The molecule has 0 aliphatic rings. The van der Waals surface area contributed by atoms with Crippen molar-refractivity contribution < 1.29 is 12.8 Å². The minimum Gasteiger partial charge on any atom is -0.396 e. The second-order valence-electron chi connectivity index (χ2n) is 3.63. The van der Waals surface area contributed by atoms with Gasteiger partial charge in [0.15, 0.2) is 5.15 Å². The number of sulfonamides is 1. The average Bonchev–Trinajstić information content (AvgIpc) is 2.35. The van der Waals surface area contributed by atoms with Gasteiger partial charge in [-0.15, -0.1) is 0 Å². The molecule has 2 rings (SSSR count). The maximum absolute atomic E-state index is 13.0. The molecule has 0 atom stereocenters. The number of hydrogen-bond donors (Lipinski definition) is 2. The van der Waals surface area contributed by atoms with Gasteiger partial charge in [-0.05, 0) is 30.3 Å². The Kier molecular flexibility index (Phi) is 3.59. The SMILES string of the molecule is Nc1cc(S(=O)(=O)Nc2cccnc2Cl)ccc1F. The van der Waals surface area contributed by atoms with E-state index in [9.17, 15) is 12.8 Å². The molecule has 0 fully saturated rings. The lowest BCUT2D eigenvalue weighted by atomic mass is 10.3. The molecule has 0 aliphatic heterocycles. The predicted octanol–water partition coefficient (Wildman–Crippen LogP) is 2.26. The van der Waals surface area contributed by atoms with Crippen molar-refractivity contribution in [2.24, 2.45) is 0 Å². The van der Waals surface area contributed by atoms with Gasteiger partial charge in [0, 0.05) is 6.20 Å². The van der Waals surface area contributed by atoms with E-state index in [4.69, 9.17) is 17.3 Å². The van der Waals surface area contributed by atoms with Crippen LogP contribution in [0, 0.1) is 5.82 Å². The quantitative estimate of drug-likeness (QED) is 0.672. The van der Waals surface area contributed by atoms with Gasteiger partial charge in [-0.1, -0.05) is 11.6 Å². The minimum absolute atomic E-state index is 0.0150. The highest BCUT2D eigenvalue weighted by Gasteiger charge is 2.17. The molecule has 0 unspecified atom stereocenters. The lowest BCUT2D eigenvalue weighted by molar-refractivity contribution is 0.600. The van der Waals surface area contributed by atoms with E-state index in [2.05, 4.69) is 9.71 Å². The van der Waals surface area contributed by atoms with Crippen LogP contribution >= 0.6 is 11.6 Å². The van der Waals surface area contributed by atoms with E-state index in [1.165, 1.54) is 18.3 Å². The third-order valence-corrected chi connectivity index (χ3v) is 3.95. The summed E-state index contributed by atoms with van der Waals surface area (Å²) in [6.07, 6.45) is 1.43. The number of pyridine rings is 1. The molecule has 1 aromatic carbocycles. The molecule has 3 N–H and O–H groups in total.